The van der Waals surface area contributed by atoms with Gasteiger partial charge in [-0.2, -0.15) is 4.31 Å². The highest BCUT2D eigenvalue weighted by Crippen LogP contribution is 2.24. The minimum atomic E-state index is -3.42. The number of hydrogen-bond donors (Lipinski definition) is 1. The van der Waals surface area contributed by atoms with Gasteiger partial charge in [0.1, 0.15) is 5.82 Å². The zero-order valence-electron chi connectivity index (χ0n) is 14.3. The molecule has 1 fully saturated rings. The maximum absolute atomic E-state index is 12.9. The third-order valence-corrected chi connectivity index (χ3v) is 6.40. The Hall–Kier alpha value is -1.92. The quantitative estimate of drug-likeness (QED) is 0.879. The van der Waals surface area contributed by atoms with Crippen LogP contribution >= 0.6 is 0 Å². The molecule has 0 aromatic heterocycles. The summed E-state index contributed by atoms with van der Waals surface area (Å²) in [6, 6.07) is 13.1. The van der Waals surface area contributed by atoms with Crippen LogP contribution in [0.2, 0.25) is 0 Å². The zero-order chi connectivity index (χ0) is 17.9. The number of sulfonamides is 1. The van der Waals surface area contributed by atoms with Crippen LogP contribution in [-0.4, -0.2) is 25.8 Å². The molecule has 0 saturated carbocycles. The van der Waals surface area contributed by atoms with Gasteiger partial charge in [0.2, 0.25) is 10.0 Å². The summed E-state index contributed by atoms with van der Waals surface area (Å²) in [5, 5.41) is 3.21. The van der Waals surface area contributed by atoms with Gasteiger partial charge in [-0.15, -0.1) is 0 Å². The van der Waals surface area contributed by atoms with Crippen LogP contribution in [0.5, 0.6) is 0 Å². The van der Waals surface area contributed by atoms with Gasteiger partial charge in [-0.1, -0.05) is 19.1 Å². The van der Waals surface area contributed by atoms with E-state index in [1.54, 1.807) is 40.7 Å². The second-order valence-corrected chi connectivity index (χ2v) is 8.55. The number of piperidine rings is 1. The van der Waals surface area contributed by atoms with Crippen LogP contribution in [0.15, 0.2) is 53.4 Å². The van der Waals surface area contributed by atoms with E-state index in [-0.39, 0.29) is 5.82 Å². The van der Waals surface area contributed by atoms with Crippen molar-refractivity contribution in [2.24, 2.45) is 5.92 Å². The zero-order valence-corrected chi connectivity index (χ0v) is 15.1. The predicted octanol–water partition coefficient (Wildman–Crippen LogP) is 3.86. The molecule has 0 amide bonds. The van der Waals surface area contributed by atoms with Gasteiger partial charge in [-0.05, 0) is 60.7 Å². The Labute approximate surface area is 148 Å². The number of benzene rings is 2. The lowest BCUT2D eigenvalue weighted by molar-refractivity contribution is 0.281. The summed E-state index contributed by atoms with van der Waals surface area (Å²) in [5.41, 5.74) is 1.79. The Morgan fingerprint density at radius 2 is 1.80 bits per heavy atom. The summed E-state index contributed by atoms with van der Waals surface area (Å²) in [5.74, 6) is 0.144. The first-order chi connectivity index (χ1) is 11.9. The number of rotatable bonds is 5. The van der Waals surface area contributed by atoms with E-state index < -0.39 is 10.0 Å². The second-order valence-electron chi connectivity index (χ2n) is 6.61. The molecular formula is C19H23FN2O2S. The first kappa shape index (κ1) is 17.9. The average Bonchev–Trinajstić information content (AvgIpc) is 2.62. The molecule has 1 N–H and O–H groups in total. The summed E-state index contributed by atoms with van der Waals surface area (Å²) in [4.78, 5) is 0.328. The molecule has 0 radical (unpaired) electrons. The fourth-order valence-corrected chi connectivity index (χ4v) is 4.66. The fraction of sp³-hybridized carbons (Fsp3) is 0.368. The van der Waals surface area contributed by atoms with Crippen LogP contribution in [0.3, 0.4) is 0 Å². The Bertz CT molecular complexity index is 804. The lowest BCUT2D eigenvalue weighted by Gasteiger charge is -2.30. The average molecular weight is 362 g/mol. The molecule has 3 rings (SSSR count). The van der Waals surface area contributed by atoms with E-state index in [1.807, 2.05) is 0 Å². The van der Waals surface area contributed by atoms with Gasteiger partial charge >= 0.3 is 0 Å². The molecule has 134 valence electrons. The summed E-state index contributed by atoms with van der Waals surface area (Å²) in [6.45, 7) is 3.82. The van der Waals surface area contributed by atoms with Crippen molar-refractivity contribution >= 4 is 15.7 Å². The van der Waals surface area contributed by atoms with E-state index >= 15 is 0 Å². The van der Waals surface area contributed by atoms with Crippen LogP contribution < -0.4 is 5.32 Å². The van der Waals surface area contributed by atoms with E-state index in [0.717, 1.165) is 24.1 Å². The normalized spacial score (nSPS) is 18.9. The predicted molar refractivity (Wildman–Crippen MR) is 97.3 cm³/mol. The van der Waals surface area contributed by atoms with E-state index in [4.69, 9.17) is 0 Å². The van der Waals surface area contributed by atoms with Crippen LogP contribution in [0.25, 0.3) is 0 Å². The lowest BCUT2D eigenvalue weighted by atomic mass is 10.0. The molecule has 1 unspecified atom stereocenters. The van der Waals surface area contributed by atoms with Crippen LogP contribution in [0, 0.1) is 11.7 Å². The topological polar surface area (TPSA) is 49.4 Å². The van der Waals surface area contributed by atoms with Crippen molar-refractivity contribution in [1.82, 2.24) is 4.31 Å². The van der Waals surface area contributed by atoms with Crippen LogP contribution in [-0.2, 0) is 16.6 Å². The lowest BCUT2D eigenvalue weighted by Crippen LogP contribution is -2.39. The smallest absolute Gasteiger partial charge is 0.243 e. The number of hydrogen-bond acceptors (Lipinski definition) is 3. The van der Waals surface area contributed by atoms with Gasteiger partial charge in [-0.25, -0.2) is 12.8 Å². The minimum absolute atomic E-state index is 0.259. The highest BCUT2D eigenvalue weighted by molar-refractivity contribution is 7.89. The molecule has 4 nitrogen and oxygen atoms in total. The summed E-state index contributed by atoms with van der Waals surface area (Å²) < 4.78 is 39.9. The Morgan fingerprint density at radius 1 is 1.12 bits per heavy atom. The number of nitrogens with zero attached hydrogens (tertiary/aromatic N) is 1. The first-order valence-corrected chi connectivity index (χ1v) is 9.98. The molecule has 2 aromatic rings. The third-order valence-electron chi connectivity index (χ3n) is 4.52. The Morgan fingerprint density at radius 3 is 2.44 bits per heavy atom. The molecule has 1 aliphatic rings. The monoisotopic (exact) mass is 362 g/mol. The molecule has 1 atom stereocenters. The Kier molecular flexibility index (Phi) is 5.39. The van der Waals surface area contributed by atoms with E-state index in [1.165, 1.54) is 12.1 Å². The molecule has 25 heavy (non-hydrogen) atoms. The molecule has 1 aliphatic heterocycles. The number of anilines is 1. The first-order valence-electron chi connectivity index (χ1n) is 8.54. The molecule has 0 aliphatic carbocycles. The third kappa shape index (κ3) is 4.38. The van der Waals surface area contributed by atoms with Gasteiger partial charge in [0.15, 0.2) is 0 Å². The van der Waals surface area contributed by atoms with Gasteiger partial charge in [0, 0.05) is 25.3 Å². The standard InChI is InChI=1S/C19H23FN2O2S/c1-15-3-2-12-22(14-15)25(23,24)19-10-8-18(9-11-19)21-13-16-4-6-17(20)7-5-16/h4-11,15,21H,2-3,12-14H2,1H3. The van der Waals surface area contributed by atoms with Crippen molar-refractivity contribution in [3.05, 3.63) is 59.9 Å². The SMILES string of the molecule is CC1CCCN(S(=O)(=O)c2ccc(NCc3ccc(F)cc3)cc2)C1. The molecular weight excluding hydrogens is 339 g/mol. The van der Waals surface area contributed by atoms with Crippen molar-refractivity contribution in [3.8, 4) is 0 Å². The Balaban J connectivity index is 1.66. The van der Waals surface area contributed by atoms with E-state index in [9.17, 15) is 12.8 Å². The molecule has 1 saturated heterocycles. The van der Waals surface area contributed by atoms with Crippen molar-refractivity contribution in [2.45, 2.75) is 31.2 Å². The maximum atomic E-state index is 12.9. The van der Waals surface area contributed by atoms with Crippen LogP contribution in [0.4, 0.5) is 10.1 Å². The van der Waals surface area contributed by atoms with Gasteiger partial charge in [0.05, 0.1) is 4.90 Å². The molecule has 0 spiro atoms. The fourth-order valence-electron chi connectivity index (χ4n) is 3.06. The molecule has 6 heteroatoms. The summed E-state index contributed by atoms with van der Waals surface area (Å²) in [6.07, 6.45) is 2.00. The molecule has 0 bridgehead atoms. The van der Waals surface area contributed by atoms with Gasteiger partial charge in [-0.3, -0.25) is 0 Å². The van der Waals surface area contributed by atoms with Gasteiger partial charge in [0.25, 0.3) is 0 Å². The maximum Gasteiger partial charge on any atom is 0.243 e. The van der Waals surface area contributed by atoms with Gasteiger partial charge < -0.3 is 5.32 Å². The summed E-state index contributed by atoms with van der Waals surface area (Å²) >= 11 is 0. The van der Waals surface area contributed by atoms with E-state index in [2.05, 4.69) is 12.2 Å². The van der Waals surface area contributed by atoms with Crippen molar-refractivity contribution in [2.75, 3.05) is 18.4 Å². The van der Waals surface area contributed by atoms with Crippen molar-refractivity contribution < 1.29 is 12.8 Å². The minimum Gasteiger partial charge on any atom is -0.381 e. The van der Waals surface area contributed by atoms with E-state index in [0.29, 0.717) is 30.4 Å². The number of halogens is 1. The molecule has 1 heterocycles. The largest absolute Gasteiger partial charge is 0.381 e. The van der Waals surface area contributed by atoms with Crippen molar-refractivity contribution in [1.29, 1.82) is 0 Å². The summed E-state index contributed by atoms with van der Waals surface area (Å²) in [7, 11) is -3.42. The molecule has 2 aromatic carbocycles. The number of nitrogens with one attached hydrogen (secondary N) is 1. The van der Waals surface area contributed by atoms with Crippen molar-refractivity contribution in [3.63, 3.8) is 0 Å². The second kappa shape index (κ2) is 7.54. The van der Waals surface area contributed by atoms with Crippen LogP contribution in [0.1, 0.15) is 25.3 Å². The highest BCUT2D eigenvalue weighted by atomic mass is 32.2. The highest BCUT2D eigenvalue weighted by Gasteiger charge is 2.28.